The van der Waals surface area contributed by atoms with Gasteiger partial charge in [0.05, 0.1) is 0 Å². The number of benzene rings is 12. The number of ether oxygens (including phenoxy) is 8. The van der Waals surface area contributed by atoms with E-state index >= 15 is 0 Å². The lowest BCUT2D eigenvalue weighted by Gasteiger charge is -2.33. The molecule has 12 aromatic rings. The molecule has 520 valence electrons. The second-order valence-electron chi connectivity index (χ2n) is 27.9. The lowest BCUT2D eigenvalue weighted by molar-refractivity contribution is 0.247. The zero-order valence-corrected chi connectivity index (χ0v) is 57.8. The van der Waals surface area contributed by atoms with Crippen molar-refractivity contribution in [1.82, 2.24) is 0 Å². The number of aromatic hydroxyl groups is 4. The molecular formula is C92H80O12. The number of hydrogen-bond acceptors (Lipinski definition) is 12. The summed E-state index contributed by atoms with van der Waals surface area (Å²) in [6, 6.07) is 81.7. The van der Waals surface area contributed by atoms with Crippen LogP contribution in [0.25, 0.3) is 0 Å². The van der Waals surface area contributed by atoms with Crippen LogP contribution in [0, 0.1) is 0 Å². The van der Waals surface area contributed by atoms with Crippen LogP contribution in [0.15, 0.2) is 243 Å². The largest absolute Gasteiger partial charge is 0.502 e. The predicted molar refractivity (Wildman–Crippen MR) is 399 cm³/mol. The number of fused-ring (bicyclic) bond motifs is 4. The van der Waals surface area contributed by atoms with Gasteiger partial charge in [0.15, 0.2) is 46.0 Å². The van der Waals surface area contributed by atoms with Crippen LogP contribution in [0.1, 0.15) is 161 Å². The molecule has 4 N–H and O–H groups in total. The van der Waals surface area contributed by atoms with Crippen LogP contribution in [0.3, 0.4) is 0 Å². The van der Waals surface area contributed by atoms with Crippen LogP contribution in [-0.2, 0) is 78.5 Å². The highest BCUT2D eigenvalue weighted by Gasteiger charge is 2.41. The molecule has 4 aliphatic heterocycles. The van der Waals surface area contributed by atoms with E-state index in [-0.39, 0.29) is 122 Å². The standard InChI is InChI=1S/C92H80O12/c93-81-85-73-45-75-70(42-38-58-23-7-2-8-24-58)77-47-79-72(44-40-60-27-11-4-12-28-60)80-48-78-71(43-39-59-25-9-3-10-26-59)76-46-74(69(73)41-37-57-21-5-1-6-22-57)86(98-50-62-30-14-13-29-61(62)49-97-85)82(94)88(76)100-52-64-32-16-18-34-66(64)54-102-90(78)84(96)92(80)104-56-68-36-20-19-35-67(68)55-103-91(79)83(95)89(77)101-53-65-33-17-15-31-63(65)51-99-87(75)81/h1-36,45-48,69-72,93-96H,37-44,49-56H2. The summed E-state index contributed by atoms with van der Waals surface area (Å²) in [5.74, 6) is -2.12. The third kappa shape index (κ3) is 12.9. The Morgan fingerprint density at radius 3 is 0.500 bits per heavy atom. The van der Waals surface area contributed by atoms with Crippen molar-refractivity contribution in [2.75, 3.05) is 0 Å². The molecular weight excluding hydrogens is 1300 g/mol. The second kappa shape index (κ2) is 28.9. The lowest BCUT2D eigenvalue weighted by atomic mass is 9.75. The summed E-state index contributed by atoms with van der Waals surface area (Å²) < 4.78 is 58.7. The Balaban J connectivity index is 1.06. The van der Waals surface area contributed by atoms with Crippen LogP contribution in [0.2, 0.25) is 0 Å². The number of hydrogen-bond donors (Lipinski definition) is 4. The van der Waals surface area contributed by atoms with E-state index in [0.717, 1.165) is 66.8 Å². The first-order valence-corrected chi connectivity index (χ1v) is 36.3. The Bertz CT molecular complexity index is 4280. The Kier molecular flexibility index (Phi) is 18.2. The van der Waals surface area contributed by atoms with Gasteiger partial charge in [-0.3, -0.25) is 0 Å². The summed E-state index contributed by atoms with van der Waals surface area (Å²) >= 11 is 0. The molecule has 0 saturated carbocycles. The highest BCUT2D eigenvalue weighted by atomic mass is 16.5. The number of phenolic OH excluding ortho intramolecular Hbond substituents is 4. The van der Waals surface area contributed by atoms with Crippen molar-refractivity contribution < 1.29 is 58.3 Å². The number of phenols is 4. The SMILES string of the molecule is Oc1c2c3cc4c1OCc1ccccc1COc1c(cc5c(c1O)OCc1ccccc1COc1c(cc6c(c1O)OCc1ccccc1COc1c(cc(c(c1O)OCc1ccccc1CO2)C3CCc1ccccc1)C6CCc1ccccc1)C5CCc1ccccc1)C4CCc1ccccc1. The molecule has 4 heterocycles. The van der Waals surface area contributed by atoms with E-state index in [2.05, 4.69) is 72.8 Å². The van der Waals surface area contributed by atoms with Crippen molar-refractivity contribution in [2.24, 2.45) is 0 Å². The average Bonchev–Trinajstić information content (AvgIpc) is 0.751. The quantitative estimate of drug-likeness (QED) is 0.0920. The summed E-state index contributed by atoms with van der Waals surface area (Å²) in [6.07, 6.45) is 3.80. The molecule has 0 fully saturated rings. The highest BCUT2D eigenvalue weighted by Crippen LogP contribution is 2.61. The van der Waals surface area contributed by atoms with Crippen LogP contribution in [-0.4, -0.2) is 20.4 Å². The lowest BCUT2D eigenvalue weighted by Crippen LogP contribution is -2.16. The fraction of sp³-hybridized carbons (Fsp3) is 0.217. The van der Waals surface area contributed by atoms with E-state index in [1.54, 1.807) is 0 Å². The zero-order valence-electron chi connectivity index (χ0n) is 57.8. The zero-order chi connectivity index (χ0) is 70.0. The van der Waals surface area contributed by atoms with Crippen LogP contribution in [0.5, 0.6) is 69.0 Å². The highest BCUT2D eigenvalue weighted by molar-refractivity contribution is 5.73. The summed E-state index contributed by atoms with van der Waals surface area (Å²) in [6.45, 7) is 0.280. The van der Waals surface area contributed by atoms with Crippen LogP contribution < -0.4 is 37.9 Å². The second-order valence-corrected chi connectivity index (χ2v) is 27.9. The van der Waals surface area contributed by atoms with Gasteiger partial charge in [-0.2, -0.15) is 0 Å². The molecule has 0 saturated heterocycles. The average molecular weight is 1380 g/mol. The van der Waals surface area contributed by atoms with Crippen molar-refractivity contribution in [3.8, 4) is 69.0 Å². The van der Waals surface area contributed by atoms with Crippen molar-refractivity contribution in [2.45, 2.75) is 128 Å². The van der Waals surface area contributed by atoms with Gasteiger partial charge < -0.3 is 58.3 Å². The molecule has 12 aromatic carbocycles. The Labute approximate surface area is 605 Å². The fourth-order valence-corrected chi connectivity index (χ4v) is 16.3. The minimum atomic E-state index is -0.736. The van der Waals surface area contributed by atoms with Gasteiger partial charge in [-0.05, 0) is 142 Å². The van der Waals surface area contributed by atoms with Gasteiger partial charge in [0.1, 0.15) is 52.9 Å². The van der Waals surface area contributed by atoms with E-state index in [1.807, 2.05) is 170 Å². The van der Waals surface area contributed by atoms with Gasteiger partial charge in [0.2, 0.25) is 23.0 Å². The maximum atomic E-state index is 14.2. The fourth-order valence-electron chi connectivity index (χ4n) is 16.3. The normalized spacial score (nSPS) is 16.8. The number of aryl methyl sites for hydroxylation is 4. The van der Waals surface area contributed by atoms with Crippen molar-refractivity contribution in [3.05, 3.63) is 354 Å². The van der Waals surface area contributed by atoms with E-state index in [4.69, 9.17) is 37.9 Å². The maximum absolute atomic E-state index is 14.2. The van der Waals surface area contributed by atoms with Gasteiger partial charge in [-0.1, -0.05) is 218 Å². The van der Waals surface area contributed by atoms with E-state index in [1.165, 1.54) is 0 Å². The molecule has 12 heteroatoms. The topological polar surface area (TPSA) is 155 Å². The molecule has 0 spiro atoms. The monoisotopic (exact) mass is 1380 g/mol. The molecule has 1 aliphatic carbocycles. The Morgan fingerprint density at radius 1 is 0.202 bits per heavy atom. The molecule has 0 radical (unpaired) electrons. The van der Waals surface area contributed by atoms with Crippen molar-refractivity contribution >= 4 is 0 Å². The van der Waals surface area contributed by atoms with E-state index < -0.39 is 23.7 Å². The molecule has 0 atom stereocenters. The molecule has 104 heavy (non-hydrogen) atoms. The summed E-state index contributed by atoms with van der Waals surface area (Å²) in [4.78, 5) is 0. The van der Waals surface area contributed by atoms with Crippen LogP contribution >= 0.6 is 0 Å². The minimum absolute atomic E-state index is 0.0350. The van der Waals surface area contributed by atoms with Gasteiger partial charge in [-0.25, -0.2) is 0 Å². The predicted octanol–water partition coefficient (Wildman–Crippen LogP) is 19.8. The summed E-state index contributed by atoms with van der Waals surface area (Å²) in [5, 5.41) is 56.6. The molecule has 0 unspecified atom stereocenters. The summed E-state index contributed by atoms with van der Waals surface area (Å²) in [7, 11) is 0. The van der Waals surface area contributed by atoms with E-state index in [9.17, 15) is 20.4 Å². The summed E-state index contributed by atoms with van der Waals surface area (Å²) in [5.41, 5.74) is 15.6. The molecule has 5 aliphatic rings. The molecule has 0 aromatic heterocycles. The van der Waals surface area contributed by atoms with Crippen LogP contribution in [0.4, 0.5) is 0 Å². The van der Waals surface area contributed by atoms with Gasteiger partial charge in [-0.15, -0.1) is 0 Å². The molecule has 12 nitrogen and oxygen atoms in total. The smallest absolute Gasteiger partial charge is 0.201 e. The van der Waals surface area contributed by atoms with Gasteiger partial charge in [0.25, 0.3) is 0 Å². The first kappa shape index (κ1) is 65.5. The molecule has 0 amide bonds. The molecule has 17 rings (SSSR count). The minimum Gasteiger partial charge on any atom is -0.502 e. The number of rotatable bonds is 12. The van der Waals surface area contributed by atoms with Gasteiger partial charge >= 0.3 is 0 Å². The van der Waals surface area contributed by atoms with Crippen molar-refractivity contribution in [3.63, 3.8) is 0 Å². The maximum Gasteiger partial charge on any atom is 0.201 e. The Hall–Kier alpha value is -11.8. The third-order valence-corrected chi connectivity index (χ3v) is 21.8. The first-order chi connectivity index (χ1) is 51.2. The third-order valence-electron chi connectivity index (χ3n) is 21.8. The van der Waals surface area contributed by atoms with Gasteiger partial charge in [0, 0.05) is 68.2 Å². The Morgan fingerprint density at radius 2 is 0.346 bits per heavy atom. The first-order valence-electron chi connectivity index (χ1n) is 36.3. The molecule has 8 bridgehead atoms. The van der Waals surface area contributed by atoms with Crippen molar-refractivity contribution in [1.29, 1.82) is 0 Å². The van der Waals surface area contributed by atoms with E-state index in [0.29, 0.717) is 95.9 Å².